The van der Waals surface area contributed by atoms with E-state index in [0.29, 0.717) is 32.3 Å². The number of para-hydroxylation sites is 2. The topological polar surface area (TPSA) is 126 Å². The number of fused-ring (bicyclic) bond motifs is 2. The third-order valence-electron chi connectivity index (χ3n) is 6.63. The minimum atomic E-state index is -5.08. The number of morpholine rings is 1. The van der Waals surface area contributed by atoms with Crippen LogP contribution in [0, 0.1) is 0 Å². The Kier molecular flexibility index (Phi) is 8.37. The number of halogens is 3. The van der Waals surface area contributed by atoms with Gasteiger partial charge < -0.3 is 25.0 Å². The standard InChI is InChI=1S/C24H27N7O2S.C2HF3O2/c1-2-20-26-17-5-3-4-6-19(17)31(20)24-27-18-13-16(15-30-8-7-25-14-21(30)32)34-22(18)23(28-24)29-9-11-33-12-10-29;3-2(4,5)1(6)7/h3-6,13,25H,2,7-12,14-15H2,1H3;(H,6,7). The van der Waals surface area contributed by atoms with Crippen LogP contribution >= 0.6 is 11.3 Å². The highest BCUT2D eigenvalue weighted by Crippen LogP contribution is 2.34. The van der Waals surface area contributed by atoms with Crippen LogP contribution in [0.15, 0.2) is 30.3 Å². The van der Waals surface area contributed by atoms with Crippen molar-refractivity contribution in [1.82, 2.24) is 29.7 Å². The molecule has 2 aliphatic rings. The van der Waals surface area contributed by atoms with Gasteiger partial charge >= 0.3 is 12.1 Å². The Hall–Kier alpha value is -3.82. The van der Waals surface area contributed by atoms with E-state index in [4.69, 9.17) is 29.6 Å². The van der Waals surface area contributed by atoms with Crippen molar-refractivity contribution in [2.45, 2.75) is 26.1 Å². The van der Waals surface area contributed by atoms with Gasteiger partial charge in [0.15, 0.2) is 5.82 Å². The molecule has 11 nitrogen and oxygen atoms in total. The summed E-state index contributed by atoms with van der Waals surface area (Å²) in [5.74, 6) is -0.0997. The molecule has 1 amide bonds. The van der Waals surface area contributed by atoms with Crippen LogP contribution in [-0.4, -0.2) is 93.5 Å². The second kappa shape index (κ2) is 12.0. The molecule has 0 aliphatic carbocycles. The number of nitrogens with zero attached hydrogens (tertiary/aromatic N) is 6. The number of benzene rings is 1. The minimum absolute atomic E-state index is 0.140. The molecular formula is C26H28F3N7O4S. The molecule has 3 aromatic heterocycles. The van der Waals surface area contributed by atoms with Gasteiger partial charge in [0.05, 0.1) is 47.6 Å². The van der Waals surface area contributed by atoms with Gasteiger partial charge in [-0.2, -0.15) is 18.2 Å². The zero-order valence-electron chi connectivity index (χ0n) is 22.1. The molecular weight excluding hydrogens is 563 g/mol. The van der Waals surface area contributed by atoms with Gasteiger partial charge in [0.2, 0.25) is 11.9 Å². The maximum absolute atomic E-state index is 12.3. The molecule has 1 aromatic carbocycles. The first-order valence-corrected chi connectivity index (χ1v) is 13.9. The van der Waals surface area contributed by atoms with Crippen LogP contribution in [0.25, 0.3) is 27.2 Å². The number of imidazole rings is 1. The number of carboxylic acid groups (broad SMARTS) is 1. The molecule has 6 rings (SSSR count). The summed E-state index contributed by atoms with van der Waals surface area (Å²) in [5, 5.41) is 10.3. The predicted octanol–water partition coefficient (Wildman–Crippen LogP) is 2.99. The van der Waals surface area contributed by atoms with Gasteiger partial charge in [0.25, 0.3) is 0 Å². The fraction of sp³-hybridized carbons (Fsp3) is 0.423. The SMILES string of the molecule is CCc1nc2ccccc2n1-c1nc(N2CCOCC2)c2sc(CN3CCNCC3=O)cc2n1.O=C(O)C(F)(F)F. The van der Waals surface area contributed by atoms with Crippen LogP contribution in [0.3, 0.4) is 0 Å². The number of aryl methyl sites for hydroxylation is 1. The molecule has 218 valence electrons. The first-order chi connectivity index (χ1) is 19.7. The lowest BCUT2D eigenvalue weighted by Gasteiger charge is -2.28. The quantitative estimate of drug-likeness (QED) is 0.360. The van der Waals surface area contributed by atoms with Crippen molar-refractivity contribution >= 4 is 50.3 Å². The number of piperazine rings is 1. The Morgan fingerprint density at radius 3 is 2.54 bits per heavy atom. The molecule has 4 aromatic rings. The number of rotatable bonds is 5. The highest BCUT2D eigenvalue weighted by atomic mass is 32.1. The fourth-order valence-electron chi connectivity index (χ4n) is 4.66. The van der Waals surface area contributed by atoms with Crippen molar-refractivity contribution in [1.29, 1.82) is 0 Å². The molecule has 0 saturated carbocycles. The third kappa shape index (κ3) is 6.26. The zero-order chi connectivity index (χ0) is 29.1. The van der Waals surface area contributed by atoms with Gasteiger partial charge in [-0.1, -0.05) is 19.1 Å². The zero-order valence-corrected chi connectivity index (χ0v) is 23.0. The molecule has 2 aliphatic heterocycles. The number of aromatic nitrogens is 4. The summed E-state index contributed by atoms with van der Waals surface area (Å²) >= 11 is 1.69. The number of hydrogen-bond acceptors (Lipinski definition) is 9. The van der Waals surface area contributed by atoms with E-state index in [1.165, 1.54) is 0 Å². The van der Waals surface area contributed by atoms with Gasteiger partial charge in [0, 0.05) is 37.5 Å². The molecule has 0 atom stereocenters. The summed E-state index contributed by atoms with van der Waals surface area (Å²) in [6.07, 6.45) is -4.30. The first-order valence-electron chi connectivity index (χ1n) is 13.0. The van der Waals surface area contributed by atoms with E-state index in [2.05, 4.69) is 33.8 Å². The van der Waals surface area contributed by atoms with E-state index in [0.717, 1.165) is 70.4 Å². The lowest BCUT2D eigenvalue weighted by Crippen LogP contribution is -2.47. The molecule has 0 bridgehead atoms. The lowest BCUT2D eigenvalue weighted by molar-refractivity contribution is -0.192. The number of thiophene rings is 1. The van der Waals surface area contributed by atoms with E-state index < -0.39 is 12.1 Å². The number of anilines is 1. The van der Waals surface area contributed by atoms with Gasteiger partial charge in [-0.25, -0.2) is 14.8 Å². The molecule has 2 fully saturated rings. The number of carboxylic acids is 1. The van der Waals surface area contributed by atoms with Crippen molar-refractivity contribution in [3.8, 4) is 5.95 Å². The second-order valence-electron chi connectivity index (χ2n) is 9.37. The Morgan fingerprint density at radius 1 is 1.12 bits per heavy atom. The van der Waals surface area contributed by atoms with Crippen LogP contribution < -0.4 is 10.2 Å². The van der Waals surface area contributed by atoms with Gasteiger partial charge in [-0.15, -0.1) is 11.3 Å². The highest BCUT2D eigenvalue weighted by Gasteiger charge is 2.38. The average molecular weight is 592 g/mol. The van der Waals surface area contributed by atoms with Crippen LogP contribution in [0.5, 0.6) is 0 Å². The molecule has 0 radical (unpaired) electrons. The van der Waals surface area contributed by atoms with Crippen molar-refractivity contribution in [2.75, 3.05) is 50.8 Å². The van der Waals surface area contributed by atoms with Crippen molar-refractivity contribution in [3.63, 3.8) is 0 Å². The maximum atomic E-state index is 12.3. The number of hydrogen-bond donors (Lipinski definition) is 2. The summed E-state index contributed by atoms with van der Waals surface area (Å²) in [6, 6.07) is 10.2. The number of carbonyl (C=O) groups is 2. The Morgan fingerprint density at radius 2 is 1.85 bits per heavy atom. The number of amides is 1. The summed E-state index contributed by atoms with van der Waals surface area (Å²) in [4.78, 5) is 41.5. The summed E-state index contributed by atoms with van der Waals surface area (Å²) in [7, 11) is 0. The largest absolute Gasteiger partial charge is 0.490 e. The summed E-state index contributed by atoms with van der Waals surface area (Å²) in [6.45, 7) is 7.61. The van der Waals surface area contributed by atoms with Gasteiger partial charge in [-0.05, 0) is 18.2 Å². The number of aliphatic carboxylic acids is 1. The van der Waals surface area contributed by atoms with Gasteiger partial charge in [0.1, 0.15) is 5.82 Å². The highest BCUT2D eigenvalue weighted by molar-refractivity contribution is 7.19. The second-order valence-corrected chi connectivity index (χ2v) is 10.5. The molecule has 2 N–H and O–H groups in total. The van der Waals surface area contributed by atoms with E-state index >= 15 is 0 Å². The van der Waals surface area contributed by atoms with Crippen LogP contribution in [0.4, 0.5) is 19.0 Å². The van der Waals surface area contributed by atoms with Crippen molar-refractivity contribution in [2.24, 2.45) is 0 Å². The summed E-state index contributed by atoms with van der Waals surface area (Å²) < 4.78 is 40.5. The van der Waals surface area contributed by atoms with E-state index in [1.807, 2.05) is 23.1 Å². The van der Waals surface area contributed by atoms with Crippen LogP contribution in [0.1, 0.15) is 17.6 Å². The van der Waals surface area contributed by atoms with Crippen molar-refractivity contribution < 1.29 is 32.6 Å². The van der Waals surface area contributed by atoms with Crippen LogP contribution in [-0.2, 0) is 27.3 Å². The van der Waals surface area contributed by atoms with Crippen LogP contribution in [0.2, 0.25) is 0 Å². The molecule has 0 spiro atoms. The average Bonchev–Trinajstić information content (AvgIpc) is 3.54. The molecule has 41 heavy (non-hydrogen) atoms. The lowest BCUT2D eigenvalue weighted by atomic mass is 10.3. The molecule has 0 unspecified atom stereocenters. The Balaban J connectivity index is 0.000000431. The normalized spacial score (nSPS) is 16.2. The van der Waals surface area contributed by atoms with Crippen molar-refractivity contribution in [3.05, 3.63) is 41.0 Å². The Labute approximate surface area is 236 Å². The monoisotopic (exact) mass is 591 g/mol. The first kappa shape index (κ1) is 28.7. The predicted molar refractivity (Wildman–Crippen MR) is 146 cm³/mol. The number of nitrogens with one attached hydrogen (secondary N) is 1. The Bertz CT molecular complexity index is 1570. The maximum Gasteiger partial charge on any atom is 0.490 e. The van der Waals surface area contributed by atoms with E-state index in [1.54, 1.807) is 11.3 Å². The molecule has 2 saturated heterocycles. The third-order valence-corrected chi connectivity index (χ3v) is 7.73. The number of ether oxygens (including phenoxy) is 1. The molecule has 5 heterocycles. The number of carbonyl (C=O) groups excluding carboxylic acids is 1. The summed E-state index contributed by atoms with van der Waals surface area (Å²) in [5.41, 5.74) is 2.86. The van der Waals surface area contributed by atoms with E-state index in [9.17, 15) is 18.0 Å². The molecule has 15 heteroatoms. The minimum Gasteiger partial charge on any atom is -0.475 e. The smallest absolute Gasteiger partial charge is 0.475 e. The fourth-order valence-corrected chi connectivity index (χ4v) is 5.79. The number of alkyl halides is 3. The van der Waals surface area contributed by atoms with E-state index in [-0.39, 0.29) is 5.91 Å². The van der Waals surface area contributed by atoms with Gasteiger partial charge in [-0.3, -0.25) is 9.36 Å².